The molecule has 1 aromatic rings. The average molecular weight is 342 g/mol. The van der Waals surface area contributed by atoms with Crippen molar-refractivity contribution in [1.82, 2.24) is 4.90 Å². The summed E-state index contributed by atoms with van der Waals surface area (Å²) in [4.78, 5) is 13.4. The number of hydrogen-bond donors (Lipinski definition) is 2. The summed E-state index contributed by atoms with van der Waals surface area (Å²) in [6.45, 7) is 3.88. The number of nitrogens with zero attached hydrogens (tertiary/aromatic N) is 1. The Labute approximate surface area is 142 Å². The van der Waals surface area contributed by atoms with Gasteiger partial charge in [-0.05, 0) is 43.8 Å². The first kappa shape index (κ1) is 20.3. The molecule has 1 atom stereocenters. The highest BCUT2D eigenvalue weighted by molar-refractivity contribution is 7.80. The molecule has 0 aliphatic heterocycles. The van der Waals surface area contributed by atoms with Crippen molar-refractivity contribution >= 4 is 40.6 Å². The van der Waals surface area contributed by atoms with E-state index >= 15 is 0 Å². The van der Waals surface area contributed by atoms with E-state index in [1.807, 2.05) is 45.3 Å². The number of rotatable bonds is 4. The first-order valence-corrected chi connectivity index (χ1v) is 7.36. The fourth-order valence-electron chi connectivity index (χ4n) is 1.53. The van der Waals surface area contributed by atoms with E-state index in [1.54, 1.807) is 11.8 Å². The van der Waals surface area contributed by atoms with E-state index in [9.17, 15) is 4.79 Å². The van der Waals surface area contributed by atoms with Gasteiger partial charge in [0.05, 0.1) is 5.92 Å². The first-order valence-electron chi connectivity index (χ1n) is 6.54. The Kier molecular flexibility index (Phi) is 9.28. The van der Waals surface area contributed by atoms with E-state index in [-0.39, 0.29) is 18.3 Å². The van der Waals surface area contributed by atoms with Crippen LogP contribution in [0.5, 0.6) is 0 Å². The smallest absolute Gasteiger partial charge is 0.258 e. The van der Waals surface area contributed by atoms with Gasteiger partial charge in [0.15, 0.2) is 0 Å². The SMILES string of the molecule is CC(=O)C(COC(=S)N(C)C)c1ccc(C)cc1.NC(O)=S. The van der Waals surface area contributed by atoms with E-state index in [4.69, 9.17) is 22.1 Å². The number of aliphatic hydroxyl groups excluding tert-OH is 1. The number of nitrogens with two attached hydrogens (primary N) is 1. The highest BCUT2D eigenvalue weighted by atomic mass is 32.1. The lowest BCUT2D eigenvalue weighted by Gasteiger charge is -2.19. The van der Waals surface area contributed by atoms with Gasteiger partial charge in [0.25, 0.3) is 10.3 Å². The maximum atomic E-state index is 11.7. The van der Waals surface area contributed by atoms with Crippen LogP contribution in [0.2, 0.25) is 0 Å². The third-order valence-electron chi connectivity index (χ3n) is 2.71. The van der Waals surface area contributed by atoms with Crippen LogP contribution in [0.4, 0.5) is 0 Å². The van der Waals surface area contributed by atoms with Crippen molar-refractivity contribution in [1.29, 1.82) is 0 Å². The third-order valence-corrected chi connectivity index (χ3v) is 3.19. The van der Waals surface area contributed by atoms with Crippen molar-refractivity contribution in [2.24, 2.45) is 5.73 Å². The quantitative estimate of drug-likeness (QED) is 0.813. The van der Waals surface area contributed by atoms with Gasteiger partial charge >= 0.3 is 0 Å². The van der Waals surface area contributed by atoms with Gasteiger partial charge in [0, 0.05) is 14.1 Å². The van der Waals surface area contributed by atoms with Crippen LogP contribution in [-0.2, 0) is 9.53 Å². The zero-order chi connectivity index (χ0) is 17.3. The molecule has 122 valence electrons. The molecule has 1 rings (SSSR count). The van der Waals surface area contributed by atoms with Crippen molar-refractivity contribution in [2.45, 2.75) is 19.8 Å². The number of aryl methyl sites for hydroxylation is 1. The lowest BCUT2D eigenvalue weighted by atomic mass is 9.95. The number of hydrogen-bond acceptors (Lipinski definition) is 4. The van der Waals surface area contributed by atoms with Crippen LogP contribution in [0.1, 0.15) is 24.0 Å². The van der Waals surface area contributed by atoms with Crippen molar-refractivity contribution in [2.75, 3.05) is 20.7 Å². The molecule has 0 radical (unpaired) electrons. The number of ketones is 1. The Bertz CT molecular complexity index is 512. The molecule has 0 fully saturated rings. The van der Waals surface area contributed by atoms with Crippen molar-refractivity contribution in [3.8, 4) is 0 Å². The number of Topliss-reactive ketones (excluding diaryl/α,β-unsaturated/α-hetero) is 1. The van der Waals surface area contributed by atoms with Crippen LogP contribution in [0.3, 0.4) is 0 Å². The van der Waals surface area contributed by atoms with Crippen LogP contribution in [0.15, 0.2) is 24.3 Å². The minimum atomic E-state index is -0.500. The monoisotopic (exact) mass is 342 g/mol. The Morgan fingerprint density at radius 2 is 1.77 bits per heavy atom. The van der Waals surface area contributed by atoms with Crippen LogP contribution in [0, 0.1) is 6.92 Å². The number of benzene rings is 1. The Hall–Kier alpha value is -1.73. The van der Waals surface area contributed by atoms with Crippen LogP contribution >= 0.6 is 24.4 Å². The summed E-state index contributed by atoms with van der Waals surface area (Å²) in [5.74, 6) is -0.177. The van der Waals surface area contributed by atoms with Crippen molar-refractivity contribution < 1.29 is 14.6 Å². The largest absolute Gasteiger partial charge is 0.487 e. The minimum Gasteiger partial charge on any atom is -0.487 e. The standard InChI is InChI=1S/C14H19NO2S.CH3NOS/c1-10-5-7-12(8-6-10)13(11(2)16)9-17-14(18)15(3)4;2-1(3)4/h5-8,13H,9H2,1-4H3;(H3,2,3,4). The molecular formula is C15H22N2O3S2. The minimum absolute atomic E-state index is 0.0837. The molecule has 0 aromatic heterocycles. The summed E-state index contributed by atoms with van der Waals surface area (Å²) in [5, 5.41) is 7.46. The summed E-state index contributed by atoms with van der Waals surface area (Å²) in [7, 11) is 3.63. The van der Waals surface area contributed by atoms with Gasteiger partial charge in [-0.1, -0.05) is 29.8 Å². The second kappa shape index (κ2) is 10.1. The molecule has 3 N–H and O–H groups in total. The summed E-state index contributed by atoms with van der Waals surface area (Å²) >= 11 is 8.92. The van der Waals surface area contributed by atoms with Gasteiger partial charge in [-0.2, -0.15) is 0 Å². The van der Waals surface area contributed by atoms with Crippen molar-refractivity contribution in [3.05, 3.63) is 35.4 Å². The summed E-state index contributed by atoms with van der Waals surface area (Å²) in [5.41, 5.74) is 6.54. The maximum Gasteiger partial charge on any atom is 0.258 e. The van der Waals surface area contributed by atoms with Gasteiger partial charge < -0.3 is 20.5 Å². The predicted molar refractivity (Wildman–Crippen MR) is 96.3 cm³/mol. The van der Waals surface area contributed by atoms with Gasteiger partial charge in [0.2, 0.25) is 0 Å². The zero-order valence-corrected chi connectivity index (χ0v) is 14.8. The third kappa shape index (κ3) is 8.53. The molecule has 0 saturated heterocycles. The molecule has 0 spiro atoms. The Balaban J connectivity index is 0.000000980. The zero-order valence-electron chi connectivity index (χ0n) is 13.2. The van der Waals surface area contributed by atoms with E-state index in [2.05, 4.69) is 18.0 Å². The van der Waals surface area contributed by atoms with E-state index in [0.29, 0.717) is 5.17 Å². The summed E-state index contributed by atoms with van der Waals surface area (Å²) in [6.07, 6.45) is 0. The highest BCUT2D eigenvalue weighted by Crippen LogP contribution is 2.18. The lowest BCUT2D eigenvalue weighted by Crippen LogP contribution is -2.26. The number of thiocarbonyl (C=S) groups is 2. The molecule has 0 aliphatic rings. The number of carbonyl (C=O) groups excluding carboxylic acids is 1. The molecule has 0 bridgehead atoms. The first-order chi connectivity index (χ1) is 10.1. The van der Waals surface area contributed by atoms with Crippen LogP contribution < -0.4 is 5.73 Å². The average Bonchev–Trinajstić information content (AvgIpc) is 2.39. The number of aliphatic hydroxyl groups is 1. The molecule has 0 saturated carbocycles. The Morgan fingerprint density at radius 1 is 1.32 bits per heavy atom. The summed E-state index contributed by atoms with van der Waals surface area (Å²) in [6, 6.07) is 7.91. The van der Waals surface area contributed by atoms with Gasteiger partial charge in [-0.25, -0.2) is 0 Å². The van der Waals surface area contributed by atoms with Crippen LogP contribution in [0.25, 0.3) is 0 Å². The van der Waals surface area contributed by atoms with Gasteiger partial charge in [-0.15, -0.1) is 0 Å². The number of carbonyl (C=O) groups is 1. The molecule has 7 heteroatoms. The molecule has 22 heavy (non-hydrogen) atoms. The number of ether oxygens (including phenoxy) is 1. The van der Waals surface area contributed by atoms with E-state index in [1.165, 1.54) is 5.56 Å². The highest BCUT2D eigenvalue weighted by Gasteiger charge is 2.18. The molecule has 1 aromatic carbocycles. The lowest BCUT2D eigenvalue weighted by molar-refractivity contribution is -0.119. The molecule has 5 nitrogen and oxygen atoms in total. The van der Waals surface area contributed by atoms with E-state index < -0.39 is 5.17 Å². The van der Waals surface area contributed by atoms with Crippen LogP contribution in [-0.4, -0.2) is 46.8 Å². The molecule has 0 aliphatic carbocycles. The normalized spacial score (nSPS) is 10.7. The molecule has 0 amide bonds. The molecule has 1 unspecified atom stereocenters. The van der Waals surface area contributed by atoms with E-state index in [0.717, 1.165) is 5.56 Å². The Morgan fingerprint density at radius 3 is 2.14 bits per heavy atom. The molecule has 0 heterocycles. The predicted octanol–water partition coefficient (Wildman–Crippen LogP) is 2.32. The maximum absolute atomic E-state index is 11.7. The fourth-order valence-corrected chi connectivity index (χ4v) is 1.60. The fraction of sp³-hybridized carbons (Fsp3) is 0.400. The van der Waals surface area contributed by atoms with Gasteiger partial charge in [-0.3, -0.25) is 4.79 Å². The summed E-state index contributed by atoms with van der Waals surface area (Å²) < 4.78 is 5.45. The van der Waals surface area contributed by atoms with Crippen molar-refractivity contribution in [3.63, 3.8) is 0 Å². The second-order valence-corrected chi connectivity index (χ2v) is 5.65. The second-order valence-electron chi connectivity index (χ2n) is 4.88. The topological polar surface area (TPSA) is 75.8 Å². The van der Waals surface area contributed by atoms with Gasteiger partial charge in [0.1, 0.15) is 12.4 Å². The molecular weight excluding hydrogens is 320 g/mol.